The number of benzene rings is 1. The first-order valence-electron chi connectivity index (χ1n) is 5.60. The third kappa shape index (κ3) is 4.87. The monoisotopic (exact) mass is 268 g/mol. The molecule has 0 fully saturated rings. The van der Waals surface area contributed by atoms with E-state index in [1.807, 2.05) is 0 Å². The molecule has 0 aliphatic heterocycles. The Bertz CT molecular complexity index is 485. The van der Waals surface area contributed by atoms with Crippen molar-refractivity contribution in [2.75, 3.05) is 6.61 Å². The van der Waals surface area contributed by atoms with Gasteiger partial charge in [0.25, 0.3) is 6.43 Å². The van der Waals surface area contributed by atoms with Crippen molar-refractivity contribution < 1.29 is 18.3 Å². The van der Waals surface area contributed by atoms with Crippen LogP contribution in [0.5, 0.6) is 0 Å². The average Bonchev–Trinajstić information content (AvgIpc) is 2.39. The van der Waals surface area contributed by atoms with E-state index in [1.165, 1.54) is 0 Å². The normalized spacial score (nSPS) is 12.6. The molecular weight excluding hydrogens is 254 g/mol. The Morgan fingerprint density at radius 2 is 2.05 bits per heavy atom. The summed E-state index contributed by atoms with van der Waals surface area (Å²) in [5.41, 5.74) is 4.58. The van der Waals surface area contributed by atoms with Crippen molar-refractivity contribution in [3.8, 4) is 0 Å². The molecule has 0 aliphatic rings. The van der Waals surface area contributed by atoms with Crippen molar-refractivity contribution in [1.29, 1.82) is 0 Å². The summed E-state index contributed by atoms with van der Waals surface area (Å²) in [6.45, 7) is 1.73. The van der Waals surface area contributed by atoms with Crippen molar-refractivity contribution in [3.63, 3.8) is 0 Å². The molecule has 0 spiro atoms. The van der Waals surface area contributed by atoms with Gasteiger partial charge in [-0.25, -0.2) is 18.6 Å². The number of para-hydroxylation sites is 1. The standard InChI is InChI=1S/C13H14F2N2O2/c1-2-19-13(18)11(8-10(16)12(14)15)17-9-6-4-3-5-7-9/h3-8,12H,2,16H2,1H3. The van der Waals surface area contributed by atoms with Gasteiger partial charge >= 0.3 is 5.97 Å². The zero-order chi connectivity index (χ0) is 14.3. The van der Waals surface area contributed by atoms with Crippen LogP contribution in [0.15, 0.2) is 47.1 Å². The van der Waals surface area contributed by atoms with Crippen LogP contribution in [-0.4, -0.2) is 24.7 Å². The average molecular weight is 268 g/mol. The fourth-order valence-corrected chi connectivity index (χ4v) is 1.20. The summed E-state index contributed by atoms with van der Waals surface area (Å²) >= 11 is 0. The zero-order valence-corrected chi connectivity index (χ0v) is 10.3. The molecule has 1 aromatic rings. The van der Waals surface area contributed by atoms with Crippen LogP contribution in [0.2, 0.25) is 0 Å². The van der Waals surface area contributed by atoms with Gasteiger partial charge in [-0.3, -0.25) is 0 Å². The third-order valence-electron chi connectivity index (χ3n) is 2.05. The Morgan fingerprint density at radius 3 is 2.58 bits per heavy atom. The highest BCUT2D eigenvalue weighted by molar-refractivity contribution is 6.41. The van der Waals surface area contributed by atoms with Gasteiger partial charge in [-0.05, 0) is 25.1 Å². The number of aliphatic imine (C=N–C) groups is 1. The number of carbonyl (C=O) groups excluding carboxylic acids is 1. The molecule has 19 heavy (non-hydrogen) atoms. The number of halogens is 2. The van der Waals surface area contributed by atoms with Crippen molar-refractivity contribution in [1.82, 2.24) is 0 Å². The highest BCUT2D eigenvalue weighted by atomic mass is 19.3. The molecule has 102 valence electrons. The lowest BCUT2D eigenvalue weighted by molar-refractivity contribution is -0.134. The smallest absolute Gasteiger partial charge is 0.357 e. The molecule has 2 N–H and O–H groups in total. The first-order valence-corrected chi connectivity index (χ1v) is 5.60. The molecule has 1 rings (SSSR count). The number of rotatable bonds is 5. The van der Waals surface area contributed by atoms with E-state index in [1.54, 1.807) is 37.3 Å². The number of hydrogen-bond acceptors (Lipinski definition) is 4. The summed E-state index contributed by atoms with van der Waals surface area (Å²) in [5, 5.41) is 0. The number of ether oxygens (including phenoxy) is 1. The summed E-state index contributed by atoms with van der Waals surface area (Å²) in [6, 6.07) is 8.45. The Hall–Kier alpha value is -2.24. The van der Waals surface area contributed by atoms with E-state index in [0.717, 1.165) is 6.08 Å². The Balaban J connectivity index is 3.09. The maximum absolute atomic E-state index is 12.4. The minimum atomic E-state index is -2.85. The first kappa shape index (κ1) is 14.8. The number of carbonyl (C=O) groups is 1. The topological polar surface area (TPSA) is 64.7 Å². The molecule has 0 aliphatic carbocycles. The SMILES string of the molecule is CCOC(=O)C(C=C(N)C(F)F)=Nc1ccccc1. The predicted octanol–water partition coefficient (Wildman–Crippen LogP) is 2.43. The van der Waals surface area contributed by atoms with Gasteiger partial charge in [0.05, 0.1) is 18.0 Å². The van der Waals surface area contributed by atoms with Gasteiger partial charge in [0.1, 0.15) is 0 Å². The number of alkyl halides is 2. The van der Waals surface area contributed by atoms with Crippen LogP contribution in [0.3, 0.4) is 0 Å². The van der Waals surface area contributed by atoms with Crippen molar-refractivity contribution >= 4 is 17.4 Å². The highest BCUT2D eigenvalue weighted by Gasteiger charge is 2.14. The second-order valence-corrected chi connectivity index (χ2v) is 3.50. The molecule has 0 heterocycles. The van der Waals surface area contributed by atoms with Crippen LogP contribution < -0.4 is 5.73 Å². The molecule has 0 saturated carbocycles. The van der Waals surface area contributed by atoms with Crippen LogP contribution >= 0.6 is 0 Å². The maximum atomic E-state index is 12.4. The predicted molar refractivity (Wildman–Crippen MR) is 68.4 cm³/mol. The van der Waals surface area contributed by atoms with Gasteiger partial charge in [0.2, 0.25) is 0 Å². The number of nitrogens with zero attached hydrogens (tertiary/aromatic N) is 1. The Labute approximate surface area is 109 Å². The lowest BCUT2D eigenvalue weighted by Crippen LogP contribution is -2.19. The minimum Gasteiger partial charge on any atom is -0.461 e. The lowest BCUT2D eigenvalue weighted by atomic mass is 10.2. The molecular formula is C13H14F2N2O2. The first-order chi connectivity index (χ1) is 9.04. The van der Waals surface area contributed by atoms with Gasteiger partial charge < -0.3 is 10.5 Å². The van der Waals surface area contributed by atoms with Crippen LogP contribution in [0, 0.1) is 0 Å². The van der Waals surface area contributed by atoms with E-state index in [4.69, 9.17) is 10.5 Å². The highest BCUT2D eigenvalue weighted by Crippen LogP contribution is 2.12. The fourth-order valence-electron chi connectivity index (χ4n) is 1.20. The van der Waals surface area contributed by atoms with Crippen molar-refractivity contribution in [3.05, 3.63) is 42.1 Å². The van der Waals surface area contributed by atoms with E-state index in [9.17, 15) is 13.6 Å². The molecule has 1 aromatic carbocycles. The summed E-state index contributed by atoms with van der Waals surface area (Å²) in [5.74, 6) is -0.796. The second kappa shape index (κ2) is 7.25. The van der Waals surface area contributed by atoms with Crippen molar-refractivity contribution in [2.45, 2.75) is 13.3 Å². The van der Waals surface area contributed by atoms with E-state index in [2.05, 4.69) is 4.99 Å². The van der Waals surface area contributed by atoms with E-state index < -0.39 is 18.1 Å². The van der Waals surface area contributed by atoms with Gasteiger partial charge in [0, 0.05) is 0 Å². The maximum Gasteiger partial charge on any atom is 0.357 e. The van der Waals surface area contributed by atoms with Crippen molar-refractivity contribution in [2.24, 2.45) is 10.7 Å². The summed E-state index contributed by atoms with van der Waals surface area (Å²) in [6.07, 6.45) is -2.02. The van der Waals surface area contributed by atoms with Crippen LogP contribution in [0.25, 0.3) is 0 Å². The molecule has 0 amide bonds. The molecule has 4 nitrogen and oxygen atoms in total. The summed E-state index contributed by atoms with van der Waals surface area (Å²) < 4.78 is 29.5. The van der Waals surface area contributed by atoms with E-state index >= 15 is 0 Å². The largest absolute Gasteiger partial charge is 0.461 e. The number of hydrogen-bond donors (Lipinski definition) is 1. The Kier molecular flexibility index (Phi) is 5.66. The molecule has 0 aromatic heterocycles. The minimum absolute atomic E-state index is 0.120. The number of allylic oxidation sites excluding steroid dienone is 1. The second-order valence-electron chi connectivity index (χ2n) is 3.50. The molecule has 0 bridgehead atoms. The molecule has 0 atom stereocenters. The molecule has 0 radical (unpaired) electrons. The van der Waals surface area contributed by atoms with Crippen LogP contribution in [0.4, 0.5) is 14.5 Å². The van der Waals surface area contributed by atoms with Gasteiger partial charge in [-0.15, -0.1) is 0 Å². The van der Waals surface area contributed by atoms with Gasteiger partial charge in [-0.2, -0.15) is 0 Å². The quantitative estimate of drug-likeness (QED) is 0.659. The fraction of sp³-hybridized carbons (Fsp3) is 0.231. The zero-order valence-electron chi connectivity index (χ0n) is 10.3. The third-order valence-corrected chi connectivity index (χ3v) is 2.05. The number of esters is 1. The van der Waals surface area contributed by atoms with E-state index in [-0.39, 0.29) is 12.3 Å². The van der Waals surface area contributed by atoms with Gasteiger partial charge in [-0.1, -0.05) is 18.2 Å². The van der Waals surface area contributed by atoms with Crippen LogP contribution in [0.1, 0.15) is 6.92 Å². The summed E-state index contributed by atoms with van der Waals surface area (Å²) in [7, 11) is 0. The lowest BCUT2D eigenvalue weighted by Gasteiger charge is -2.04. The Morgan fingerprint density at radius 1 is 1.42 bits per heavy atom. The molecule has 0 saturated heterocycles. The van der Waals surface area contributed by atoms with E-state index in [0.29, 0.717) is 5.69 Å². The van der Waals surface area contributed by atoms with Gasteiger partial charge in [0.15, 0.2) is 5.71 Å². The molecule has 6 heteroatoms. The molecule has 0 unspecified atom stereocenters. The summed E-state index contributed by atoms with van der Waals surface area (Å²) in [4.78, 5) is 15.6. The van der Waals surface area contributed by atoms with Crippen LogP contribution in [-0.2, 0) is 9.53 Å². The number of nitrogens with two attached hydrogens (primary N) is 1.